The number of nitrogens with one attached hydrogen (secondary N) is 1. The highest BCUT2D eigenvalue weighted by Crippen LogP contribution is 2.25. The number of para-hydroxylation sites is 1. The zero-order chi connectivity index (χ0) is 20.5. The van der Waals surface area contributed by atoms with E-state index < -0.39 is 0 Å². The lowest BCUT2D eigenvalue weighted by Gasteiger charge is -2.18. The molecule has 0 bridgehead atoms. The molecule has 146 valence electrons. The molecule has 0 aliphatic carbocycles. The van der Waals surface area contributed by atoms with Crippen LogP contribution in [0.3, 0.4) is 0 Å². The number of pyridine rings is 1. The Kier molecular flexibility index (Phi) is 4.48. The third-order valence-electron chi connectivity index (χ3n) is 5.34. The Morgan fingerprint density at radius 2 is 1.57 bits per heavy atom. The SMILES string of the molecule is CC(c1ccc2ccccc2c1)n1c(=O)ccc2cnc(Nc3ccccc3)nc21. The zero-order valence-electron chi connectivity index (χ0n) is 16.5. The summed E-state index contributed by atoms with van der Waals surface area (Å²) in [4.78, 5) is 22.0. The third-order valence-corrected chi connectivity index (χ3v) is 5.34. The van der Waals surface area contributed by atoms with Gasteiger partial charge in [0, 0.05) is 23.3 Å². The molecule has 0 aliphatic rings. The molecule has 0 spiro atoms. The molecule has 2 aromatic heterocycles. The lowest BCUT2D eigenvalue weighted by molar-refractivity contribution is 0.633. The molecular formula is C25H20N4O. The number of anilines is 2. The van der Waals surface area contributed by atoms with E-state index in [1.54, 1.807) is 22.9 Å². The lowest BCUT2D eigenvalue weighted by Crippen LogP contribution is -2.24. The van der Waals surface area contributed by atoms with Gasteiger partial charge < -0.3 is 5.32 Å². The van der Waals surface area contributed by atoms with E-state index in [0.717, 1.165) is 22.0 Å². The molecule has 1 N–H and O–H groups in total. The number of hydrogen-bond acceptors (Lipinski definition) is 4. The van der Waals surface area contributed by atoms with E-state index in [1.807, 2.05) is 49.4 Å². The minimum absolute atomic E-state index is 0.0903. The highest BCUT2D eigenvalue weighted by Gasteiger charge is 2.15. The number of nitrogens with zero attached hydrogens (tertiary/aromatic N) is 3. The first-order chi connectivity index (χ1) is 14.7. The van der Waals surface area contributed by atoms with Crippen molar-refractivity contribution in [3.05, 3.63) is 107 Å². The quantitative estimate of drug-likeness (QED) is 0.451. The van der Waals surface area contributed by atoms with Crippen LogP contribution in [0.1, 0.15) is 18.5 Å². The molecule has 5 heteroatoms. The molecule has 0 radical (unpaired) electrons. The molecule has 0 aliphatic heterocycles. The summed E-state index contributed by atoms with van der Waals surface area (Å²) < 4.78 is 1.73. The van der Waals surface area contributed by atoms with Crippen LogP contribution < -0.4 is 10.9 Å². The van der Waals surface area contributed by atoms with E-state index in [1.165, 1.54) is 5.39 Å². The number of aromatic nitrogens is 3. The van der Waals surface area contributed by atoms with Gasteiger partial charge in [0.25, 0.3) is 5.56 Å². The van der Waals surface area contributed by atoms with Gasteiger partial charge in [-0.1, -0.05) is 54.6 Å². The van der Waals surface area contributed by atoms with E-state index in [-0.39, 0.29) is 11.6 Å². The van der Waals surface area contributed by atoms with Crippen molar-refractivity contribution in [2.75, 3.05) is 5.32 Å². The van der Waals surface area contributed by atoms with Gasteiger partial charge in [-0.15, -0.1) is 0 Å². The minimum Gasteiger partial charge on any atom is -0.324 e. The molecule has 2 heterocycles. The molecule has 5 aromatic rings. The van der Waals surface area contributed by atoms with Crippen molar-refractivity contribution in [3.63, 3.8) is 0 Å². The van der Waals surface area contributed by atoms with Crippen LogP contribution in [0.5, 0.6) is 0 Å². The molecule has 0 fully saturated rings. The number of fused-ring (bicyclic) bond motifs is 2. The van der Waals surface area contributed by atoms with E-state index in [4.69, 9.17) is 0 Å². The van der Waals surface area contributed by atoms with Crippen molar-refractivity contribution in [3.8, 4) is 0 Å². The Labute approximate surface area is 173 Å². The number of rotatable bonds is 4. The van der Waals surface area contributed by atoms with Gasteiger partial charge >= 0.3 is 0 Å². The summed E-state index contributed by atoms with van der Waals surface area (Å²) in [5.41, 5.74) is 2.47. The van der Waals surface area contributed by atoms with Gasteiger partial charge in [-0.25, -0.2) is 4.98 Å². The monoisotopic (exact) mass is 392 g/mol. The summed E-state index contributed by atoms with van der Waals surface area (Å²) in [6.07, 6.45) is 1.75. The van der Waals surface area contributed by atoms with Crippen LogP contribution in [0, 0.1) is 0 Å². The molecule has 1 atom stereocenters. The fourth-order valence-electron chi connectivity index (χ4n) is 3.74. The summed E-state index contributed by atoms with van der Waals surface area (Å²) in [6, 6.07) is 27.4. The zero-order valence-corrected chi connectivity index (χ0v) is 16.5. The highest BCUT2D eigenvalue weighted by atomic mass is 16.1. The molecule has 0 saturated heterocycles. The largest absolute Gasteiger partial charge is 0.324 e. The standard InChI is InChI=1S/C25H20N4O/c1-17(19-12-11-18-7-5-6-8-20(18)15-19)29-23(30)14-13-21-16-26-25(28-24(21)29)27-22-9-3-2-4-10-22/h2-17H,1H3,(H,26,27,28). The van der Waals surface area contributed by atoms with Gasteiger partial charge in [-0.05, 0) is 47.5 Å². The first-order valence-electron chi connectivity index (χ1n) is 9.88. The van der Waals surface area contributed by atoms with Crippen molar-refractivity contribution in [1.82, 2.24) is 14.5 Å². The van der Waals surface area contributed by atoms with Crippen LogP contribution >= 0.6 is 0 Å². The van der Waals surface area contributed by atoms with Crippen LogP contribution in [0.2, 0.25) is 0 Å². The maximum absolute atomic E-state index is 12.9. The predicted molar refractivity (Wildman–Crippen MR) is 121 cm³/mol. The second-order valence-electron chi connectivity index (χ2n) is 7.29. The van der Waals surface area contributed by atoms with Crippen molar-refractivity contribution in [1.29, 1.82) is 0 Å². The van der Waals surface area contributed by atoms with Crippen molar-refractivity contribution < 1.29 is 0 Å². The van der Waals surface area contributed by atoms with E-state index in [0.29, 0.717) is 11.6 Å². The van der Waals surface area contributed by atoms with Crippen LogP contribution in [0.15, 0.2) is 95.9 Å². The summed E-state index contributed by atoms with van der Waals surface area (Å²) in [7, 11) is 0. The molecule has 5 nitrogen and oxygen atoms in total. The Balaban J connectivity index is 1.62. The van der Waals surface area contributed by atoms with Gasteiger partial charge in [0.15, 0.2) is 0 Å². The van der Waals surface area contributed by atoms with Crippen LogP contribution in [0.25, 0.3) is 21.8 Å². The molecule has 3 aromatic carbocycles. The fourth-order valence-corrected chi connectivity index (χ4v) is 3.74. The first-order valence-corrected chi connectivity index (χ1v) is 9.88. The van der Waals surface area contributed by atoms with Gasteiger partial charge in [0.1, 0.15) is 5.65 Å². The molecule has 0 saturated carbocycles. The Bertz CT molecular complexity index is 1410. The second kappa shape index (κ2) is 7.44. The van der Waals surface area contributed by atoms with Crippen LogP contribution in [0.4, 0.5) is 11.6 Å². The topological polar surface area (TPSA) is 59.8 Å². The number of benzene rings is 3. The molecule has 5 rings (SSSR count). The molecular weight excluding hydrogens is 372 g/mol. The summed E-state index contributed by atoms with van der Waals surface area (Å²) in [5.74, 6) is 0.457. The second-order valence-corrected chi connectivity index (χ2v) is 7.29. The lowest BCUT2D eigenvalue weighted by atomic mass is 10.0. The smallest absolute Gasteiger partial charge is 0.252 e. The van der Waals surface area contributed by atoms with E-state index >= 15 is 0 Å². The average molecular weight is 392 g/mol. The van der Waals surface area contributed by atoms with Crippen molar-refractivity contribution in [2.24, 2.45) is 0 Å². The van der Waals surface area contributed by atoms with Crippen LogP contribution in [-0.2, 0) is 0 Å². The maximum Gasteiger partial charge on any atom is 0.252 e. The molecule has 30 heavy (non-hydrogen) atoms. The Morgan fingerprint density at radius 1 is 0.833 bits per heavy atom. The summed E-state index contributed by atoms with van der Waals surface area (Å²) in [6.45, 7) is 2.03. The minimum atomic E-state index is -0.176. The summed E-state index contributed by atoms with van der Waals surface area (Å²) in [5, 5.41) is 6.35. The van der Waals surface area contributed by atoms with Gasteiger partial charge in [-0.3, -0.25) is 9.36 Å². The molecule has 0 amide bonds. The normalized spacial score (nSPS) is 12.2. The van der Waals surface area contributed by atoms with Crippen molar-refractivity contribution in [2.45, 2.75) is 13.0 Å². The van der Waals surface area contributed by atoms with Gasteiger partial charge in [-0.2, -0.15) is 4.98 Å². The predicted octanol–water partition coefficient (Wildman–Crippen LogP) is 5.30. The Morgan fingerprint density at radius 3 is 2.40 bits per heavy atom. The Hall–Kier alpha value is -3.99. The van der Waals surface area contributed by atoms with Crippen LogP contribution in [-0.4, -0.2) is 14.5 Å². The van der Waals surface area contributed by atoms with Gasteiger partial charge in [0.2, 0.25) is 5.95 Å². The number of hydrogen-bond donors (Lipinski definition) is 1. The van der Waals surface area contributed by atoms with Gasteiger partial charge in [0.05, 0.1) is 6.04 Å². The third kappa shape index (κ3) is 3.31. The van der Waals surface area contributed by atoms with E-state index in [9.17, 15) is 4.79 Å². The van der Waals surface area contributed by atoms with E-state index in [2.05, 4.69) is 45.6 Å². The molecule has 1 unspecified atom stereocenters. The fraction of sp³-hybridized carbons (Fsp3) is 0.0800. The summed E-state index contributed by atoms with van der Waals surface area (Å²) >= 11 is 0. The highest BCUT2D eigenvalue weighted by molar-refractivity contribution is 5.83. The maximum atomic E-state index is 12.9. The van der Waals surface area contributed by atoms with Crippen molar-refractivity contribution >= 4 is 33.4 Å². The first kappa shape index (κ1) is 18.1. The average Bonchev–Trinajstić information content (AvgIpc) is 2.79.